The molecule has 0 bridgehead atoms. The van der Waals surface area contributed by atoms with E-state index in [1.54, 1.807) is 31.2 Å². The zero-order chi connectivity index (χ0) is 17.0. The molecule has 0 atom stereocenters. The number of amides is 2. The van der Waals surface area contributed by atoms with Crippen LogP contribution in [0.4, 0.5) is 4.79 Å². The first-order valence-electron chi connectivity index (χ1n) is 6.88. The summed E-state index contributed by atoms with van der Waals surface area (Å²) in [6.45, 7) is 6.09. The number of halogens is 1. The third kappa shape index (κ3) is 3.79. The number of carbonyl (C=O) groups is 2. The average molecular weight is 398 g/mol. The van der Waals surface area contributed by atoms with Gasteiger partial charge in [-0.15, -0.1) is 0 Å². The van der Waals surface area contributed by atoms with E-state index in [1.807, 2.05) is 0 Å². The van der Waals surface area contributed by atoms with E-state index >= 15 is 0 Å². The van der Waals surface area contributed by atoms with Gasteiger partial charge in [-0.3, -0.25) is 14.5 Å². The van der Waals surface area contributed by atoms with Gasteiger partial charge in [-0.2, -0.15) is 0 Å². The lowest BCUT2D eigenvalue weighted by Gasteiger charge is -2.12. The first-order valence-corrected chi connectivity index (χ1v) is 8.49. The van der Waals surface area contributed by atoms with Gasteiger partial charge in [0.2, 0.25) is 0 Å². The van der Waals surface area contributed by atoms with Crippen LogP contribution in [0.25, 0.3) is 6.08 Å². The second kappa shape index (κ2) is 7.70. The fourth-order valence-electron chi connectivity index (χ4n) is 2.03. The molecule has 2 amide bonds. The highest BCUT2D eigenvalue weighted by Gasteiger charge is 2.33. The fraction of sp³-hybridized carbons (Fsp3) is 0.250. The third-order valence-corrected chi connectivity index (χ3v) is 4.58. The lowest BCUT2D eigenvalue weighted by molar-refractivity contribution is -0.122. The van der Waals surface area contributed by atoms with Gasteiger partial charge in [-0.25, -0.2) is 0 Å². The van der Waals surface area contributed by atoms with Gasteiger partial charge in [0.1, 0.15) is 6.61 Å². The van der Waals surface area contributed by atoms with Crippen LogP contribution in [0.5, 0.6) is 11.5 Å². The van der Waals surface area contributed by atoms with Gasteiger partial charge < -0.3 is 9.47 Å². The van der Waals surface area contributed by atoms with Crippen LogP contribution < -0.4 is 9.47 Å². The Morgan fingerprint density at radius 1 is 1.39 bits per heavy atom. The highest BCUT2D eigenvalue weighted by molar-refractivity contribution is 9.10. The van der Waals surface area contributed by atoms with E-state index in [-0.39, 0.29) is 11.1 Å². The second-order valence-corrected chi connectivity index (χ2v) is 6.41. The van der Waals surface area contributed by atoms with Crippen molar-refractivity contribution in [2.45, 2.75) is 6.92 Å². The maximum absolute atomic E-state index is 12.1. The number of nitrogens with zero attached hydrogens (tertiary/aromatic N) is 1. The Kier molecular flexibility index (Phi) is 5.90. The standard InChI is InChI=1S/C16H16BrNO4S/c1-4-6-22-14-11(17)7-10(8-12(14)21-3)9-13-15(19)18(5-2)16(20)23-13/h4,7-9H,1,5-6H2,2-3H3/b13-9+. The van der Waals surface area contributed by atoms with Crippen LogP contribution in [0.15, 0.2) is 34.2 Å². The Bertz CT molecular complexity index is 687. The van der Waals surface area contributed by atoms with Crippen LogP contribution in [0, 0.1) is 0 Å². The van der Waals surface area contributed by atoms with Crippen LogP contribution in [0.2, 0.25) is 0 Å². The summed E-state index contributed by atoms with van der Waals surface area (Å²) in [5, 5.41) is -0.249. The molecule has 1 fully saturated rings. The zero-order valence-corrected chi connectivity index (χ0v) is 15.2. The quantitative estimate of drug-likeness (QED) is 0.534. The molecule has 1 aliphatic heterocycles. The molecule has 1 aliphatic rings. The maximum Gasteiger partial charge on any atom is 0.293 e. The van der Waals surface area contributed by atoms with Crippen molar-refractivity contribution >= 4 is 44.9 Å². The van der Waals surface area contributed by atoms with Crippen LogP contribution in [0.3, 0.4) is 0 Å². The van der Waals surface area contributed by atoms with Crippen molar-refractivity contribution in [3.8, 4) is 11.5 Å². The van der Waals surface area contributed by atoms with Crippen molar-refractivity contribution in [3.05, 3.63) is 39.7 Å². The minimum Gasteiger partial charge on any atom is -0.493 e. The van der Waals surface area contributed by atoms with Gasteiger partial charge in [0.05, 0.1) is 16.5 Å². The van der Waals surface area contributed by atoms with E-state index in [1.165, 1.54) is 12.0 Å². The number of benzene rings is 1. The number of hydrogen-bond acceptors (Lipinski definition) is 5. The topological polar surface area (TPSA) is 55.8 Å². The maximum atomic E-state index is 12.1. The molecule has 1 aromatic carbocycles. The molecule has 1 aromatic rings. The number of likely N-dealkylation sites (N-methyl/N-ethyl adjacent to an activating group) is 1. The first kappa shape index (κ1) is 17.6. The largest absolute Gasteiger partial charge is 0.493 e. The normalized spacial score (nSPS) is 16.1. The molecule has 5 nitrogen and oxygen atoms in total. The molecular formula is C16H16BrNO4S. The summed E-state index contributed by atoms with van der Waals surface area (Å²) in [5.74, 6) is 0.818. The molecule has 2 rings (SSSR count). The van der Waals surface area contributed by atoms with Crippen LogP contribution in [0.1, 0.15) is 12.5 Å². The Balaban J connectivity index is 2.36. The fourth-order valence-corrected chi connectivity index (χ4v) is 3.51. The van der Waals surface area contributed by atoms with Gasteiger partial charge in [0.15, 0.2) is 11.5 Å². The number of carbonyl (C=O) groups excluding carboxylic acids is 2. The minimum atomic E-state index is -0.274. The Morgan fingerprint density at radius 2 is 2.13 bits per heavy atom. The molecule has 122 valence electrons. The average Bonchev–Trinajstić information content (AvgIpc) is 2.79. The molecule has 0 saturated carbocycles. The molecule has 0 spiro atoms. The number of hydrogen-bond donors (Lipinski definition) is 0. The van der Waals surface area contributed by atoms with E-state index in [0.717, 1.165) is 17.3 Å². The van der Waals surface area contributed by atoms with Crippen molar-refractivity contribution in [2.24, 2.45) is 0 Å². The summed E-state index contributed by atoms with van der Waals surface area (Å²) in [7, 11) is 1.54. The summed E-state index contributed by atoms with van der Waals surface area (Å²) in [6.07, 6.45) is 3.31. The van der Waals surface area contributed by atoms with Gasteiger partial charge in [0.25, 0.3) is 11.1 Å². The Hall–Kier alpha value is -1.73. The van der Waals surface area contributed by atoms with Gasteiger partial charge in [-0.1, -0.05) is 12.7 Å². The van der Waals surface area contributed by atoms with Crippen molar-refractivity contribution < 1.29 is 19.1 Å². The molecular weight excluding hydrogens is 382 g/mol. The van der Waals surface area contributed by atoms with Crippen LogP contribution >= 0.6 is 27.7 Å². The van der Waals surface area contributed by atoms with Crippen molar-refractivity contribution in [1.29, 1.82) is 0 Å². The highest BCUT2D eigenvalue weighted by Crippen LogP contribution is 2.39. The smallest absolute Gasteiger partial charge is 0.293 e. The van der Waals surface area contributed by atoms with E-state index in [9.17, 15) is 9.59 Å². The van der Waals surface area contributed by atoms with E-state index < -0.39 is 0 Å². The number of methoxy groups -OCH3 is 1. The molecule has 0 unspecified atom stereocenters. The number of rotatable bonds is 6. The SMILES string of the molecule is C=CCOc1c(Br)cc(/C=C2/SC(=O)N(CC)C2=O)cc1OC. The Morgan fingerprint density at radius 3 is 2.70 bits per heavy atom. The number of imide groups is 1. The molecule has 23 heavy (non-hydrogen) atoms. The van der Waals surface area contributed by atoms with Crippen LogP contribution in [-0.2, 0) is 4.79 Å². The summed E-state index contributed by atoms with van der Waals surface area (Å²) < 4.78 is 11.6. The summed E-state index contributed by atoms with van der Waals surface area (Å²) >= 11 is 4.37. The van der Waals surface area contributed by atoms with Crippen LogP contribution in [-0.4, -0.2) is 36.3 Å². The van der Waals surface area contributed by atoms with E-state index in [4.69, 9.17) is 9.47 Å². The monoisotopic (exact) mass is 397 g/mol. The zero-order valence-electron chi connectivity index (χ0n) is 12.8. The molecule has 0 radical (unpaired) electrons. The van der Waals surface area contributed by atoms with Gasteiger partial charge in [0, 0.05) is 6.54 Å². The summed E-state index contributed by atoms with van der Waals surface area (Å²) in [6, 6.07) is 3.56. The lowest BCUT2D eigenvalue weighted by atomic mass is 10.2. The number of ether oxygens (including phenoxy) is 2. The molecule has 0 N–H and O–H groups in total. The highest BCUT2D eigenvalue weighted by atomic mass is 79.9. The second-order valence-electron chi connectivity index (χ2n) is 4.56. The summed E-state index contributed by atoms with van der Waals surface area (Å²) in [5.41, 5.74) is 0.737. The third-order valence-electron chi connectivity index (χ3n) is 3.08. The first-order chi connectivity index (χ1) is 11.0. The van der Waals surface area contributed by atoms with Gasteiger partial charge >= 0.3 is 0 Å². The Labute approximate surface area is 147 Å². The molecule has 1 heterocycles. The lowest BCUT2D eigenvalue weighted by Crippen LogP contribution is -2.27. The van der Waals surface area contributed by atoms with E-state index in [2.05, 4.69) is 22.5 Å². The predicted octanol–water partition coefficient (Wildman–Crippen LogP) is 4.08. The molecule has 7 heteroatoms. The summed E-state index contributed by atoms with van der Waals surface area (Å²) in [4.78, 5) is 25.5. The predicted molar refractivity (Wildman–Crippen MR) is 94.7 cm³/mol. The van der Waals surface area contributed by atoms with Crippen molar-refractivity contribution in [1.82, 2.24) is 4.90 Å². The van der Waals surface area contributed by atoms with Crippen molar-refractivity contribution in [3.63, 3.8) is 0 Å². The number of thioether (sulfide) groups is 1. The van der Waals surface area contributed by atoms with Gasteiger partial charge in [-0.05, 0) is 58.4 Å². The molecule has 0 aliphatic carbocycles. The van der Waals surface area contributed by atoms with E-state index in [0.29, 0.717) is 34.0 Å². The minimum absolute atomic E-state index is 0.249. The van der Waals surface area contributed by atoms with Crippen molar-refractivity contribution in [2.75, 3.05) is 20.3 Å². The molecule has 1 saturated heterocycles. The molecule has 0 aromatic heterocycles.